The number of nitrogens with one attached hydrogen (secondary N) is 7. The Kier molecular flexibility index (Phi) is 32.4. The Labute approximate surface area is 743 Å². The largest absolute Gasteiger partial charge is 0.387 e. The number of rotatable bonds is 29. The topological polar surface area (TPSA) is 473 Å². The molecule has 37 nitrogen and oxygen atoms in total. The molecule has 15 N–H and O–H groups in total. The highest BCUT2D eigenvalue weighted by Crippen LogP contribution is 2.46. The summed E-state index contributed by atoms with van der Waals surface area (Å²) in [5.41, 5.74) is 27.1. The number of nitrogens with zero attached hydrogens (tertiary/aromatic N) is 14. The van der Waals surface area contributed by atoms with Crippen LogP contribution >= 0.6 is 0 Å². The van der Waals surface area contributed by atoms with Crippen LogP contribution in [0.25, 0.3) is 33.5 Å². The number of hydrogen-bond donors (Lipinski definition) is 12. The molecule has 9 aromatic rings. The minimum Gasteiger partial charge on any atom is -0.387 e. The molecule has 14 rings (SSSR count). The van der Waals surface area contributed by atoms with Gasteiger partial charge in [0.25, 0.3) is 0 Å². The second kappa shape index (κ2) is 42.3. The minimum atomic E-state index is -1.16. The number of aliphatic hydroxyl groups is 2. The van der Waals surface area contributed by atoms with E-state index in [1.54, 1.807) is 17.2 Å². The first-order chi connectivity index (χ1) is 60.0. The molecule has 3 aromatic carbocycles. The van der Waals surface area contributed by atoms with Crippen molar-refractivity contribution in [3.05, 3.63) is 127 Å². The van der Waals surface area contributed by atoms with Gasteiger partial charge in [0, 0.05) is 75.8 Å². The lowest BCUT2D eigenvalue weighted by Gasteiger charge is -2.30. The molecule has 37 heteroatoms. The summed E-state index contributed by atoms with van der Waals surface area (Å²) >= 11 is 0. The Balaban J connectivity index is 0.000000172. The van der Waals surface area contributed by atoms with E-state index in [-0.39, 0.29) is 83.0 Å². The van der Waals surface area contributed by atoms with Gasteiger partial charge in [0.2, 0.25) is 0 Å². The highest BCUT2D eigenvalue weighted by atomic mass is 16.8. The lowest BCUT2D eigenvalue weighted by atomic mass is 9.87. The molecule has 12 atom stereocenters. The first kappa shape index (κ1) is 97.3. The number of aromatic nitrogens is 12. The van der Waals surface area contributed by atoms with Gasteiger partial charge < -0.3 is 112 Å². The van der Waals surface area contributed by atoms with Gasteiger partial charge in [-0.25, -0.2) is 59.2 Å². The predicted octanol–water partition coefficient (Wildman–Crippen LogP) is 10.6. The Morgan fingerprint density at radius 1 is 0.457 bits per heavy atom. The van der Waals surface area contributed by atoms with Crippen LogP contribution < -0.4 is 54.4 Å². The van der Waals surface area contributed by atoms with Crippen LogP contribution in [-0.4, -0.2) is 241 Å². The van der Waals surface area contributed by atoms with E-state index in [0.717, 1.165) is 55.9 Å². The standard InChI is InChI=1S/C31H46N8O4.C28H42N8O4.C17H26N6O3.C14H20N2O2/c1-19(2)15-38(14-8-13-33-29(40)37-21-11-9-20(10-12-21)30(3,4)5)16-22-24-25(43-31(6,7)42-24)28(41-22)39-18-36-23-26(32)34-17-35-27(23)39;1-17(2)13-35(12-6-11-30-27(39)34-19-9-7-18(8-10-19)28(3,4)5)14-20-22(37)23(38)26(40-20)36-16-33-21-24(29)31-15-32-25(21)36;1-9(2)5-19-6-10-12-13(26-17(3,4)25-12)16(24-10)23-8-22-11-14(18)20-7-21-15(11)23;1-14(2,3)11-5-7-12(8-6-11)16-13(18)15-9-4-10-17/h9-12,17-19,22,24-25,28H,8,13-16H2,1-7H3,(H2,32,34,35)(H2,33,37,40);7-10,15-17,20,22-23,26,37-38H,6,11-14H2,1-5H3,(H2,29,31,32)(H2,30,34,39);7-10,12-13,16,19H,5-6H2,1-4H3,(H2,18,20,21);5-8,10H,4,9H2,1-3H3,(H2,15,16,18)/t22-,24-,25-,28-;20-,22-,23-,26-;10-,12-,13-,16-;/m111./s1. The highest BCUT2D eigenvalue weighted by Gasteiger charge is 2.58. The van der Waals surface area contributed by atoms with E-state index >= 15 is 0 Å². The van der Waals surface area contributed by atoms with Crippen LogP contribution in [0.15, 0.2) is 111 Å². The number of aliphatic hydroxyl groups excluding tert-OH is 2. The fourth-order valence-corrected chi connectivity index (χ4v) is 15.9. The van der Waals surface area contributed by atoms with Gasteiger partial charge in [0.1, 0.15) is 96.8 Å². The van der Waals surface area contributed by atoms with Crippen LogP contribution in [0.1, 0.15) is 186 Å². The molecule has 11 heterocycles. The summed E-state index contributed by atoms with van der Waals surface area (Å²) in [4.78, 5) is 89.0. The summed E-state index contributed by atoms with van der Waals surface area (Å²) in [5.74, 6) is 0.906. The number of anilines is 6. The van der Waals surface area contributed by atoms with Crippen molar-refractivity contribution in [3.63, 3.8) is 0 Å². The number of nitrogens with two attached hydrogens (primary N) is 3. The maximum absolute atomic E-state index is 12.5. The molecule has 5 aliphatic heterocycles. The molecule has 6 aromatic heterocycles. The SMILES string of the molecule is CC(C)(C)c1ccc(NC(=O)NCCC=O)cc1.CC(C)CN(CCCNC(=O)Nc1ccc(C(C)(C)C)cc1)C[C@H]1O[C@@H](n2cnc3c(N)ncnc32)[C@@H]2OC(C)(C)O[C@@H]21.CC(C)CN(CCCNC(=O)Nc1ccc(C(C)(C)C)cc1)C[C@H]1O[C@@H](n2cnc3c(N)ncnc32)[C@H](O)[C@@H]1O.CC(C)CNC[C@H]1O[C@@H](n2cnc3c(N)ncnc32)[C@@H]2OC(C)(C)O[C@@H]21. The zero-order valence-electron chi connectivity index (χ0n) is 76.9. The number of imidazole rings is 3. The number of urea groups is 3. The maximum Gasteiger partial charge on any atom is 0.319 e. The summed E-state index contributed by atoms with van der Waals surface area (Å²) in [6.45, 7) is 47.3. The van der Waals surface area contributed by atoms with Crippen molar-refractivity contribution < 1.29 is 62.5 Å². The molecule has 5 fully saturated rings. The Bertz CT molecular complexity index is 5070. The first-order valence-electron chi connectivity index (χ1n) is 43.9. The average Bonchev–Trinajstić information content (AvgIpc) is 1.59. The van der Waals surface area contributed by atoms with Crippen molar-refractivity contribution in [2.24, 2.45) is 17.8 Å². The van der Waals surface area contributed by atoms with E-state index in [1.165, 1.54) is 42.0 Å². The normalized spacial score (nSPS) is 22.4. The third-order valence-corrected chi connectivity index (χ3v) is 22.0. The molecule has 0 saturated carbocycles. The molecule has 0 spiro atoms. The van der Waals surface area contributed by atoms with Gasteiger partial charge in [-0.3, -0.25) is 13.7 Å². The number of fused-ring (bicyclic) bond motifs is 5. The van der Waals surface area contributed by atoms with Crippen molar-refractivity contribution in [1.29, 1.82) is 0 Å². The van der Waals surface area contributed by atoms with Crippen LogP contribution in [0, 0.1) is 17.8 Å². The number of carbonyl (C=O) groups excluding carboxylic acids is 4. The zero-order valence-corrected chi connectivity index (χ0v) is 76.9. The molecule has 6 amide bonds. The van der Waals surface area contributed by atoms with Gasteiger partial charge in [-0.15, -0.1) is 0 Å². The molecule has 0 unspecified atom stereocenters. The van der Waals surface area contributed by atoms with E-state index in [1.807, 2.05) is 97.5 Å². The van der Waals surface area contributed by atoms with Crippen molar-refractivity contribution in [2.45, 2.75) is 252 Å². The number of hydrogen-bond acceptors (Lipinski definition) is 28. The molecule has 5 aliphatic rings. The van der Waals surface area contributed by atoms with E-state index in [0.29, 0.717) is 122 Å². The Hall–Kier alpha value is -10.3. The third kappa shape index (κ3) is 26.0. The van der Waals surface area contributed by atoms with Crippen molar-refractivity contribution in [3.8, 4) is 0 Å². The highest BCUT2D eigenvalue weighted by molar-refractivity contribution is 5.91. The van der Waals surface area contributed by atoms with Crippen LogP contribution in [0.4, 0.5) is 48.9 Å². The molecule has 5 saturated heterocycles. The van der Waals surface area contributed by atoms with Gasteiger partial charge >= 0.3 is 18.1 Å². The Morgan fingerprint density at radius 2 is 0.795 bits per heavy atom. The number of carbonyl (C=O) groups is 4. The maximum atomic E-state index is 12.5. The quantitative estimate of drug-likeness (QED) is 0.0153. The molecular weight excluding hydrogens is 1630 g/mol. The van der Waals surface area contributed by atoms with Crippen molar-refractivity contribution >= 4 is 92.4 Å². The molecule has 692 valence electrons. The van der Waals surface area contributed by atoms with Crippen LogP contribution in [0.5, 0.6) is 0 Å². The van der Waals surface area contributed by atoms with Crippen LogP contribution in [0.3, 0.4) is 0 Å². The van der Waals surface area contributed by atoms with E-state index in [2.05, 4.69) is 208 Å². The van der Waals surface area contributed by atoms with E-state index in [4.69, 9.17) is 50.4 Å². The van der Waals surface area contributed by atoms with Crippen LogP contribution in [-0.2, 0) is 54.2 Å². The summed E-state index contributed by atoms with van der Waals surface area (Å²) in [5, 5.41) is 42.1. The number of ether oxygens (including phenoxy) is 7. The zero-order chi connectivity index (χ0) is 92.0. The van der Waals surface area contributed by atoms with Gasteiger partial charge in [-0.2, -0.15) is 0 Å². The lowest BCUT2D eigenvalue weighted by molar-refractivity contribution is -0.198. The fraction of sp³-hybridized carbons (Fsp3) is 0.589. The first-order valence-corrected chi connectivity index (χ1v) is 43.9. The van der Waals surface area contributed by atoms with Gasteiger partial charge in [-0.05, 0) is 147 Å². The van der Waals surface area contributed by atoms with Gasteiger partial charge in [0.15, 0.2) is 64.7 Å². The van der Waals surface area contributed by atoms with E-state index < -0.39 is 42.3 Å². The monoisotopic (exact) mass is 1760 g/mol. The average molecular weight is 1760 g/mol. The lowest BCUT2D eigenvalue weighted by Crippen LogP contribution is -2.42. The fourth-order valence-electron chi connectivity index (χ4n) is 15.9. The van der Waals surface area contributed by atoms with Crippen molar-refractivity contribution in [1.82, 2.24) is 89.6 Å². The minimum absolute atomic E-state index is 0.0541. The second-order valence-electron chi connectivity index (χ2n) is 38.2. The smallest absolute Gasteiger partial charge is 0.319 e. The van der Waals surface area contributed by atoms with Crippen LogP contribution in [0.2, 0.25) is 0 Å². The summed E-state index contributed by atoms with van der Waals surface area (Å²) in [6, 6.07) is 22.9. The predicted molar refractivity (Wildman–Crippen MR) is 487 cm³/mol. The van der Waals surface area contributed by atoms with E-state index in [9.17, 15) is 29.4 Å². The summed E-state index contributed by atoms with van der Waals surface area (Å²) in [7, 11) is 0. The third-order valence-electron chi connectivity index (χ3n) is 22.0. The summed E-state index contributed by atoms with van der Waals surface area (Å²) < 4.78 is 49.3. The van der Waals surface area contributed by atoms with Gasteiger partial charge in [0.05, 0.1) is 19.0 Å². The molecule has 0 radical (unpaired) electrons. The van der Waals surface area contributed by atoms with Crippen molar-refractivity contribution in [2.75, 3.05) is 105 Å². The number of nitrogen functional groups attached to an aromatic ring is 3. The number of benzene rings is 3. The summed E-state index contributed by atoms with van der Waals surface area (Å²) in [6.07, 6.45) is 5.67. The second-order valence-corrected chi connectivity index (χ2v) is 38.2. The Morgan fingerprint density at radius 3 is 1.16 bits per heavy atom. The number of aldehydes is 1. The molecular formula is C90H134N24O13. The van der Waals surface area contributed by atoms with Gasteiger partial charge in [-0.1, -0.05) is 140 Å². The molecule has 0 aliphatic carbocycles. The molecule has 127 heavy (non-hydrogen) atoms. The molecule has 0 bridgehead atoms. The number of amides is 6.